The molecule has 0 spiro atoms. The van der Waals surface area contributed by atoms with Crippen LogP contribution in [0.5, 0.6) is 11.5 Å². The molecular weight excluding hydrogens is 820 g/mol. The average molecular weight is 855 g/mol. The maximum atomic E-state index is 6.59. The van der Waals surface area contributed by atoms with E-state index in [2.05, 4.69) is 150 Å². The minimum Gasteiger partial charge on any atom is -0.509 e. The van der Waals surface area contributed by atoms with Gasteiger partial charge in [0.2, 0.25) is 0 Å². The van der Waals surface area contributed by atoms with Gasteiger partial charge in [0.15, 0.2) is 0 Å². The zero-order chi connectivity index (χ0) is 34.5. The predicted molar refractivity (Wildman–Crippen MR) is 208 cm³/mol. The molecule has 1 aliphatic rings. The van der Waals surface area contributed by atoms with Gasteiger partial charge in [-0.25, -0.2) is 9.97 Å². The number of nitrogens with zero attached hydrogens (tertiary/aromatic N) is 5. The molecule has 0 amide bonds. The van der Waals surface area contributed by atoms with Crippen LogP contribution in [0.1, 0.15) is 26.3 Å². The van der Waals surface area contributed by atoms with Crippen LogP contribution >= 0.6 is 0 Å². The Morgan fingerprint density at radius 2 is 1.38 bits per heavy atom. The number of fused-ring (bicyclic) bond motifs is 4. The Balaban J connectivity index is 0.00000387. The van der Waals surface area contributed by atoms with Crippen molar-refractivity contribution in [3.63, 3.8) is 0 Å². The van der Waals surface area contributed by atoms with Gasteiger partial charge in [0.25, 0.3) is 0 Å². The Hall–Kier alpha value is -5.65. The van der Waals surface area contributed by atoms with E-state index in [0.717, 1.165) is 56.0 Å². The Labute approximate surface area is 318 Å². The first-order chi connectivity index (χ1) is 24.9. The third kappa shape index (κ3) is 5.85. The Morgan fingerprint density at radius 3 is 2.19 bits per heavy atom. The van der Waals surface area contributed by atoms with Gasteiger partial charge < -0.3 is 18.9 Å². The fourth-order valence-corrected chi connectivity index (χ4v) is 7.10. The van der Waals surface area contributed by atoms with E-state index in [-0.39, 0.29) is 33.5 Å². The molecule has 0 atom stereocenters. The summed E-state index contributed by atoms with van der Waals surface area (Å²) in [5.41, 5.74) is 7.26. The van der Waals surface area contributed by atoms with Gasteiger partial charge in [0, 0.05) is 35.1 Å². The van der Waals surface area contributed by atoms with Crippen molar-refractivity contribution in [2.45, 2.75) is 26.2 Å². The first-order valence-corrected chi connectivity index (χ1v) is 17.2. The summed E-state index contributed by atoms with van der Waals surface area (Å²) in [6.07, 6.45) is 3.74. The van der Waals surface area contributed by atoms with Crippen molar-refractivity contribution < 1.29 is 25.8 Å². The van der Waals surface area contributed by atoms with Gasteiger partial charge >= 0.3 is 28.0 Å². The van der Waals surface area contributed by atoms with E-state index in [4.69, 9.17) is 14.7 Å². The molecule has 0 fully saturated rings. The maximum Gasteiger partial charge on any atom is 2.00 e. The number of para-hydroxylation sites is 2. The van der Waals surface area contributed by atoms with Gasteiger partial charge in [0.05, 0.1) is 5.69 Å². The molecule has 0 unspecified atom stereocenters. The molecule has 9 rings (SSSR count). The fourth-order valence-electron chi connectivity index (χ4n) is 7.10. The molecule has 5 aromatic carbocycles. The number of hydrogen-bond acceptors (Lipinski definition) is 5. The van der Waals surface area contributed by atoms with Gasteiger partial charge in [-0.1, -0.05) is 98.7 Å². The van der Waals surface area contributed by atoms with Gasteiger partial charge in [-0.2, -0.15) is 12.1 Å². The smallest absolute Gasteiger partial charge is 0.509 e. The van der Waals surface area contributed by atoms with Gasteiger partial charge in [-0.05, 0) is 64.3 Å². The van der Waals surface area contributed by atoms with E-state index in [1.54, 1.807) is 0 Å². The molecule has 0 saturated heterocycles. The second-order valence-electron chi connectivity index (χ2n) is 13.8. The topological polar surface area (TPSA) is 46.4 Å². The van der Waals surface area contributed by atoms with E-state index >= 15 is 0 Å². The van der Waals surface area contributed by atoms with Gasteiger partial charge in [-0.3, -0.25) is 0 Å². The molecule has 0 N–H and O–H groups in total. The van der Waals surface area contributed by atoms with Crippen molar-refractivity contribution in [3.05, 3.63) is 170 Å². The zero-order valence-corrected chi connectivity index (χ0v) is 31.2. The maximum absolute atomic E-state index is 6.59. The van der Waals surface area contributed by atoms with Crippen LogP contribution in [0, 0.1) is 12.1 Å². The molecule has 0 saturated carbocycles. The first kappa shape index (κ1) is 33.5. The second kappa shape index (κ2) is 13.5. The SMILES string of the molecule is CC(C)(C)c1ccnc(-n2c3[c-]c(Oc4[c-]c(N5B(c6ccccc6)N(c6ccccc6)c6cccnc65)ccc4)ccc3c3ccccc32)c1.[Pt+2]. The van der Waals surface area contributed by atoms with Crippen molar-refractivity contribution in [1.29, 1.82) is 0 Å². The van der Waals surface area contributed by atoms with Crippen molar-refractivity contribution in [2.24, 2.45) is 0 Å². The van der Waals surface area contributed by atoms with Crippen LogP contribution in [0.15, 0.2) is 152 Å². The molecule has 52 heavy (non-hydrogen) atoms. The largest absolute Gasteiger partial charge is 2.00 e. The summed E-state index contributed by atoms with van der Waals surface area (Å²) in [5, 5.41) is 2.23. The van der Waals surface area contributed by atoms with E-state index in [9.17, 15) is 0 Å². The molecule has 0 aliphatic carbocycles. The summed E-state index contributed by atoms with van der Waals surface area (Å²) < 4.78 is 8.77. The van der Waals surface area contributed by atoms with E-state index < -0.39 is 0 Å². The monoisotopic (exact) mass is 854 g/mol. The Kier molecular flexibility index (Phi) is 8.68. The van der Waals surface area contributed by atoms with E-state index in [0.29, 0.717) is 11.5 Å². The number of pyridine rings is 2. The standard InChI is InChI=1S/C44H34BN5O.Pt/c1-44(2,3)31-25-27-46-42(28-31)48-39-21-11-10-20-37(39)38-24-23-36(30-41(38)48)51-35-19-12-18-34(29-35)50-43-40(22-13-26-47-43)49(33-16-8-5-9-17-33)45(50)32-14-6-4-7-15-32;/h4-28H,1-3H3;/q-2;+2. The van der Waals surface area contributed by atoms with Crippen LogP contribution in [0.25, 0.3) is 27.6 Å². The Morgan fingerprint density at radius 1 is 0.635 bits per heavy atom. The van der Waals surface area contributed by atoms with Gasteiger partial charge in [-0.15, -0.1) is 35.7 Å². The number of rotatable bonds is 6. The molecule has 0 radical (unpaired) electrons. The normalized spacial score (nSPS) is 12.6. The molecule has 8 aromatic rings. The summed E-state index contributed by atoms with van der Waals surface area (Å²) in [6.45, 7) is 6.47. The third-order valence-corrected chi connectivity index (χ3v) is 9.50. The molecule has 3 aromatic heterocycles. The van der Waals surface area contributed by atoms with Crippen LogP contribution in [-0.4, -0.2) is 21.5 Å². The molecule has 254 valence electrons. The van der Waals surface area contributed by atoms with Crippen molar-refractivity contribution in [1.82, 2.24) is 14.5 Å². The average Bonchev–Trinajstić information content (AvgIpc) is 3.68. The van der Waals surface area contributed by atoms with Crippen LogP contribution in [0.3, 0.4) is 0 Å². The summed E-state index contributed by atoms with van der Waals surface area (Å²) in [6, 6.07) is 55.1. The molecule has 0 bridgehead atoms. The van der Waals surface area contributed by atoms with Crippen LogP contribution in [-0.2, 0) is 26.5 Å². The Bertz CT molecular complexity index is 2530. The number of ether oxygens (including phenoxy) is 1. The molecule has 4 heterocycles. The number of hydrogen-bond donors (Lipinski definition) is 0. The predicted octanol–water partition coefficient (Wildman–Crippen LogP) is 9.95. The summed E-state index contributed by atoms with van der Waals surface area (Å²) >= 11 is 0. The first-order valence-electron chi connectivity index (χ1n) is 17.2. The second-order valence-corrected chi connectivity index (χ2v) is 13.8. The third-order valence-electron chi connectivity index (χ3n) is 9.50. The summed E-state index contributed by atoms with van der Waals surface area (Å²) in [5.74, 6) is 2.88. The van der Waals surface area contributed by atoms with Crippen LogP contribution in [0.2, 0.25) is 0 Å². The van der Waals surface area contributed by atoms with Crippen molar-refractivity contribution >= 4 is 57.1 Å². The number of aromatic nitrogens is 3. The van der Waals surface area contributed by atoms with Crippen LogP contribution < -0.4 is 19.8 Å². The number of benzene rings is 5. The number of anilines is 4. The minimum absolute atomic E-state index is 0. The summed E-state index contributed by atoms with van der Waals surface area (Å²) in [7, 11) is 0. The van der Waals surface area contributed by atoms with Crippen molar-refractivity contribution in [2.75, 3.05) is 9.62 Å². The quantitative estimate of drug-likeness (QED) is 0.123. The van der Waals surface area contributed by atoms with E-state index in [1.165, 1.54) is 5.56 Å². The minimum atomic E-state index is -0.194. The molecular formula is C44H34BN5OPt. The van der Waals surface area contributed by atoms with Crippen molar-refractivity contribution in [3.8, 4) is 17.3 Å². The fraction of sp³-hybridized carbons (Fsp3) is 0.0909. The molecule has 1 aliphatic heterocycles. The molecule has 6 nitrogen and oxygen atoms in total. The van der Waals surface area contributed by atoms with E-state index in [1.807, 2.05) is 48.8 Å². The van der Waals surface area contributed by atoms with Gasteiger partial charge in [0.1, 0.15) is 11.6 Å². The summed E-state index contributed by atoms with van der Waals surface area (Å²) in [4.78, 5) is 14.3. The molecule has 8 heteroatoms. The zero-order valence-electron chi connectivity index (χ0n) is 29.0. The van der Waals surface area contributed by atoms with Crippen LogP contribution in [0.4, 0.5) is 22.9 Å².